The van der Waals surface area contributed by atoms with Gasteiger partial charge < -0.3 is 10.6 Å². The van der Waals surface area contributed by atoms with Gasteiger partial charge in [-0.3, -0.25) is 4.79 Å². The molecular formula is C13H14N4O3S2. The number of anilines is 1. The van der Waals surface area contributed by atoms with E-state index in [0.29, 0.717) is 21.1 Å². The molecule has 0 saturated carbocycles. The summed E-state index contributed by atoms with van der Waals surface area (Å²) in [6.45, 7) is 3.72. The lowest BCUT2D eigenvalue weighted by Crippen LogP contribution is -2.52. The lowest BCUT2D eigenvalue weighted by Gasteiger charge is -2.32. The predicted molar refractivity (Wildman–Crippen MR) is 83.6 cm³/mol. The van der Waals surface area contributed by atoms with Crippen LogP contribution in [0.15, 0.2) is 23.5 Å². The van der Waals surface area contributed by atoms with E-state index in [-0.39, 0.29) is 11.1 Å². The van der Waals surface area contributed by atoms with Gasteiger partial charge in [0.05, 0.1) is 16.3 Å². The first-order chi connectivity index (χ1) is 10.2. The Morgan fingerprint density at radius 1 is 1.27 bits per heavy atom. The van der Waals surface area contributed by atoms with Gasteiger partial charge in [-0.15, -0.1) is 11.3 Å². The van der Waals surface area contributed by atoms with E-state index < -0.39 is 15.5 Å². The van der Waals surface area contributed by atoms with Gasteiger partial charge in [-0.2, -0.15) is 0 Å². The van der Waals surface area contributed by atoms with Crippen LogP contribution in [-0.2, 0) is 9.84 Å². The molecule has 1 aliphatic rings. The number of hydrogen-bond acceptors (Lipinski definition) is 7. The van der Waals surface area contributed by atoms with Gasteiger partial charge >= 0.3 is 0 Å². The van der Waals surface area contributed by atoms with E-state index in [2.05, 4.69) is 20.6 Å². The van der Waals surface area contributed by atoms with Crippen LogP contribution in [0.5, 0.6) is 0 Å². The fourth-order valence-corrected chi connectivity index (χ4v) is 3.64. The van der Waals surface area contributed by atoms with Crippen molar-refractivity contribution in [2.24, 2.45) is 0 Å². The molecule has 7 nitrogen and oxygen atoms in total. The summed E-state index contributed by atoms with van der Waals surface area (Å²) in [5.74, 6) is -0.160. The van der Waals surface area contributed by atoms with E-state index in [9.17, 15) is 13.2 Å². The molecule has 0 aliphatic carbocycles. The summed E-state index contributed by atoms with van der Waals surface area (Å²) < 4.78 is 23.1. The van der Waals surface area contributed by atoms with Crippen LogP contribution in [0.25, 0.3) is 10.6 Å². The number of nitrogens with one attached hydrogen (secondary N) is 2. The molecule has 2 aromatic rings. The standard InChI is InChI=1S/C13H14N4O3S2/c1-13(2)16-8-6-9(21-10(8)11(18)17-13)7-4-5-14-12(15-7)22(3,19)20/h4-6,16H,1-3H3,(H,17,18). The van der Waals surface area contributed by atoms with Crippen molar-refractivity contribution in [1.29, 1.82) is 0 Å². The monoisotopic (exact) mass is 338 g/mol. The van der Waals surface area contributed by atoms with Crippen LogP contribution in [0.2, 0.25) is 0 Å². The molecular weight excluding hydrogens is 324 g/mol. The molecule has 0 spiro atoms. The Kier molecular flexibility index (Phi) is 3.22. The Labute approximate surface area is 131 Å². The van der Waals surface area contributed by atoms with Crippen LogP contribution >= 0.6 is 11.3 Å². The number of fused-ring (bicyclic) bond motifs is 1. The Hall–Kier alpha value is -2.00. The first-order valence-electron chi connectivity index (χ1n) is 6.44. The predicted octanol–water partition coefficient (Wildman–Crippen LogP) is 1.50. The normalized spacial score (nSPS) is 16.6. The highest BCUT2D eigenvalue weighted by Crippen LogP contribution is 2.37. The molecule has 116 valence electrons. The van der Waals surface area contributed by atoms with Crippen molar-refractivity contribution in [3.8, 4) is 10.6 Å². The maximum atomic E-state index is 12.1. The molecule has 3 rings (SSSR count). The van der Waals surface area contributed by atoms with Crippen LogP contribution in [-0.4, -0.2) is 36.2 Å². The Balaban J connectivity index is 2.07. The zero-order valence-electron chi connectivity index (χ0n) is 12.2. The second-order valence-corrected chi connectivity index (χ2v) is 8.52. The van der Waals surface area contributed by atoms with Crippen molar-refractivity contribution in [1.82, 2.24) is 15.3 Å². The maximum absolute atomic E-state index is 12.1. The molecule has 22 heavy (non-hydrogen) atoms. The third-order valence-corrected chi connectivity index (χ3v) is 5.05. The summed E-state index contributed by atoms with van der Waals surface area (Å²) in [6, 6.07) is 3.42. The molecule has 1 amide bonds. The number of sulfone groups is 1. The first-order valence-corrected chi connectivity index (χ1v) is 9.14. The van der Waals surface area contributed by atoms with Gasteiger partial charge in [-0.1, -0.05) is 0 Å². The lowest BCUT2D eigenvalue weighted by atomic mass is 10.1. The molecule has 9 heteroatoms. The van der Waals surface area contributed by atoms with Crippen LogP contribution in [0.4, 0.5) is 5.69 Å². The number of nitrogens with zero attached hydrogens (tertiary/aromatic N) is 2. The van der Waals surface area contributed by atoms with Crippen molar-refractivity contribution >= 4 is 32.8 Å². The van der Waals surface area contributed by atoms with Gasteiger partial charge in [0.2, 0.25) is 15.0 Å². The van der Waals surface area contributed by atoms with Crippen LogP contribution < -0.4 is 10.6 Å². The number of thiophene rings is 1. The van der Waals surface area contributed by atoms with Crippen molar-refractivity contribution in [2.45, 2.75) is 24.7 Å². The lowest BCUT2D eigenvalue weighted by molar-refractivity contribution is 0.0919. The highest BCUT2D eigenvalue weighted by Gasteiger charge is 2.31. The molecule has 0 saturated heterocycles. The number of amides is 1. The number of rotatable bonds is 2. The van der Waals surface area contributed by atoms with Crippen molar-refractivity contribution in [3.05, 3.63) is 23.2 Å². The summed E-state index contributed by atoms with van der Waals surface area (Å²) in [5.41, 5.74) is 0.655. The highest BCUT2D eigenvalue weighted by molar-refractivity contribution is 7.90. The van der Waals surface area contributed by atoms with E-state index in [4.69, 9.17) is 0 Å². The molecule has 0 radical (unpaired) electrons. The van der Waals surface area contributed by atoms with E-state index in [0.717, 1.165) is 6.26 Å². The topological polar surface area (TPSA) is 101 Å². The highest BCUT2D eigenvalue weighted by atomic mass is 32.2. The third-order valence-electron chi connectivity index (χ3n) is 3.03. The summed E-state index contributed by atoms with van der Waals surface area (Å²) in [5, 5.41) is 5.83. The smallest absolute Gasteiger partial charge is 0.265 e. The minimum absolute atomic E-state index is 0.160. The van der Waals surface area contributed by atoms with Gasteiger partial charge in [0.1, 0.15) is 10.5 Å². The average molecular weight is 338 g/mol. The SMILES string of the molecule is CC1(C)NC(=O)c2sc(-c3ccnc(S(C)(=O)=O)n3)cc2N1. The molecule has 2 aromatic heterocycles. The third kappa shape index (κ3) is 2.69. The molecule has 0 fully saturated rings. The van der Waals surface area contributed by atoms with Gasteiger partial charge in [-0.25, -0.2) is 18.4 Å². The molecule has 3 heterocycles. The fraction of sp³-hybridized carbons (Fsp3) is 0.308. The quantitative estimate of drug-likeness (QED) is 0.805. The van der Waals surface area contributed by atoms with E-state index in [1.54, 1.807) is 12.1 Å². The van der Waals surface area contributed by atoms with Crippen molar-refractivity contribution in [3.63, 3.8) is 0 Å². The van der Waals surface area contributed by atoms with Crippen molar-refractivity contribution < 1.29 is 13.2 Å². The number of carbonyl (C=O) groups excluding carboxylic acids is 1. The Morgan fingerprint density at radius 2 is 2.00 bits per heavy atom. The number of aromatic nitrogens is 2. The molecule has 0 bridgehead atoms. The Morgan fingerprint density at radius 3 is 2.68 bits per heavy atom. The molecule has 0 unspecified atom stereocenters. The molecule has 0 atom stereocenters. The zero-order chi connectivity index (χ0) is 16.1. The summed E-state index contributed by atoms with van der Waals surface area (Å²) >= 11 is 1.26. The Bertz CT molecular complexity index is 871. The molecule has 2 N–H and O–H groups in total. The van der Waals surface area contributed by atoms with Gasteiger partial charge in [-0.05, 0) is 26.0 Å². The van der Waals surface area contributed by atoms with Gasteiger partial charge in [0.25, 0.3) is 5.91 Å². The number of carbonyl (C=O) groups is 1. The summed E-state index contributed by atoms with van der Waals surface area (Å²) in [7, 11) is -3.48. The summed E-state index contributed by atoms with van der Waals surface area (Å²) in [4.78, 5) is 21.2. The largest absolute Gasteiger partial charge is 0.362 e. The molecule has 1 aliphatic heterocycles. The minimum atomic E-state index is -3.48. The zero-order valence-corrected chi connectivity index (χ0v) is 13.8. The van der Waals surface area contributed by atoms with E-state index in [1.165, 1.54) is 17.5 Å². The second kappa shape index (κ2) is 4.75. The molecule has 0 aromatic carbocycles. The fourth-order valence-electron chi connectivity index (χ4n) is 2.14. The van der Waals surface area contributed by atoms with E-state index in [1.807, 2.05) is 13.8 Å². The van der Waals surface area contributed by atoms with E-state index >= 15 is 0 Å². The van der Waals surface area contributed by atoms with Gasteiger partial charge in [0, 0.05) is 12.5 Å². The van der Waals surface area contributed by atoms with Crippen LogP contribution in [0.3, 0.4) is 0 Å². The maximum Gasteiger partial charge on any atom is 0.265 e. The summed E-state index contributed by atoms with van der Waals surface area (Å²) in [6.07, 6.45) is 2.46. The second-order valence-electron chi connectivity index (χ2n) is 5.55. The van der Waals surface area contributed by atoms with Crippen molar-refractivity contribution in [2.75, 3.05) is 11.6 Å². The van der Waals surface area contributed by atoms with Crippen LogP contribution in [0.1, 0.15) is 23.5 Å². The average Bonchev–Trinajstić information content (AvgIpc) is 2.80. The van der Waals surface area contributed by atoms with Crippen LogP contribution in [0, 0.1) is 0 Å². The minimum Gasteiger partial charge on any atom is -0.362 e. The van der Waals surface area contributed by atoms with Gasteiger partial charge in [0.15, 0.2) is 0 Å². The number of hydrogen-bond donors (Lipinski definition) is 2. The first kappa shape index (κ1) is 14.9.